The van der Waals surface area contributed by atoms with Gasteiger partial charge in [0.15, 0.2) is 0 Å². The van der Waals surface area contributed by atoms with E-state index in [9.17, 15) is 14.0 Å². The van der Waals surface area contributed by atoms with Crippen LogP contribution in [-0.4, -0.2) is 22.0 Å². The molecular formula is C24H17FN2O3. The van der Waals surface area contributed by atoms with Gasteiger partial charge in [-0.25, -0.2) is 9.18 Å². The maximum atomic E-state index is 14.0. The molecule has 0 aliphatic carbocycles. The normalized spacial score (nSPS) is 10.7. The Kier molecular flexibility index (Phi) is 4.98. The molecule has 30 heavy (non-hydrogen) atoms. The third-order valence-corrected chi connectivity index (χ3v) is 4.84. The van der Waals surface area contributed by atoms with Gasteiger partial charge in [0.05, 0.1) is 11.1 Å². The summed E-state index contributed by atoms with van der Waals surface area (Å²) in [6.45, 7) is 1.69. The van der Waals surface area contributed by atoms with Crippen LogP contribution in [0.1, 0.15) is 26.3 Å². The van der Waals surface area contributed by atoms with Gasteiger partial charge in [-0.3, -0.25) is 9.78 Å². The van der Waals surface area contributed by atoms with Gasteiger partial charge in [0, 0.05) is 22.8 Å². The van der Waals surface area contributed by atoms with E-state index < -0.39 is 5.97 Å². The molecular weight excluding hydrogens is 383 g/mol. The number of benzene rings is 3. The Labute approximate surface area is 171 Å². The maximum Gasteiger partial charge on any atom is 0.337 e. The van der Waals surface area contributed by atoms with Crippen LogP contribution in [0.2, 0.25) is 0 Å². The molecule has 5 nitrogen and oxygen atoms in total. The Bertz CT molecular complexity index is 1300. The fourth-order valence-corrected chi connectivity index (χ4v) is 3.21. The molecule has 4 aromatic rings. The molecule has 0 spiro atoms. The number of aromatic nitrogens is 1. The zero-order chi connectivity index (χ0) is 21.3. The Morgan fingerprint density at radius 2 is 1.80 bits per heavy atom. The summed E-state index contributed by atoms with van der Waals surface area (Å²) in [6, 6.07) is 18.5. The van der Waals surface area contributed by atoms with Crippen LogP contribution in [0.25, 0.3) is 22.0 Å². The number of carboxylic acids is 1. The number of hydrogen-bond donors (Lipinski definition) is 2. The number of rotatable bonds is 4. The topological polar surface area (TPSA) is 79.3 Å². The van der Waals surface area contributed by atoms with Crippen molar-refractivity contribution in [1.29, 1.82) is 0 Å². The SMILES string of the molecule is Cc1ccc(-c2ccccc2C(=O)Nc2ccc3cc(C(=O)O)cnc3c2)cc1F. The molecule has 0 unspecified atom stereocenters. The molecule has 0 aliphatic heterocycles. The third-order valence-electron chi connectivity index (χ3n) is 4.84. The minimum atomic E-state index is -1.05. The van der Waals surface area contributed by atoms with Gasteiger partial charge >= 0.3 is 5.97 Å². The van der Waals surface area contributed by atoms with Crippen molar-refractivity contribution in [3.63, 3.8) is 0 Å². The summed E-state index contributed by atoms with van der Waals surface area (Å²) in [5.41, 5.74) is 3.37. The van der Waals surface area contributed by atoms with Crippen molar-refractivity contribution in [1.82, 2.24) is 4.98 Å². The molecule has 0 saturated carbocycles. The molecule has 0 atom stereocenters. The molecule has 1 aromatic heterocycles. The number of hydrogen-bond acceptors (Lipinski definition) is 3. The van der Waals surface area contributed by atoms with Gasteiger partial charge in [0.25, 0.3) is 5.91 Å². The Morgan fingerprint density at radius 3 is 2.57 bits per heavy atom. The number of carbonyl (C=O) groups is 2. The number of aromatic carboxylic acids is 1. The van der Waals surface area contributed by atoms with Crippen LogP contribution in [0.15, 0.2) is 72.9 Å². The lowest BCUT2D eigenvalue weighted by molar-refractivity contribution is 0.0696. The second kappa shape index (κ2) is 7.75. The molecule has 4 rings (SSSR count). The van der Waals surface area contributed by atoms with E-state index in [4.69, 9.17) is 5.11 Å². The number of halogens is 1. The van der Waals surface area contributed by atoms with E-state index in [0.29, 0.717) is 38.8 Å². The van der Waals surface area contributed by atoms with Crippen LogP contribution < -0.4 is 5.32 Å². The smallest absolute Gasteiger partial charge is 0.337 e. The van der Waals surface area contributed by atoms with E-state index in [1.54, 1.807) is 61.5 Å². The van der Waals surface area contributed by atoms with Crippen molar-refractivity contribution in [2.24, 2.45) is 0 Å². The Morgan fingerprint density at radius 1 is 1.00 bits per heavy atom. The predicted octanol–water partition coefficient (Wildman–Crippen LogP) is 5.30. The van der Waals surface area contributed by atoms with Gasteiger partial charge in [-0.05, 0) is 53.9 Å². The van der Waals surface area contributed by atoms with Crippen molar-refractivity contribution in [3.05, 3.63) is 95.4 Å². The second-order valence-electron chi connectivity index (χ2n) is 6.90. The van der Waals surface area contributed by atoms with Crippen LogP contribution in [-0.2, 0) is 0 Å². The fraction of sp³-hybridized carbons (Fsp3) is 0.0417. The minimum absolute atomic E-state index is 0.0959. The van der Waals surface area contributed by atoms with Crippen LogP contribution in [0.5, 0.6) is 0 Å². The van der Waals surface area contributed by atoms with Gasteiger partial charge in [-0.1, -0.05) is 36.4 Å². The number of amides is 1. The van der Waals surface area contributed by atoms with E-state index in [1.807, 2.05) is 0 Å². The first-order valence-electron chi connectivity index (χ1n) is 9.22. The number of fused-ring (bicyclic) bond motifs is 1. The highest BCUT2D eigenvalue weighted by molar-refractivity contribution is 6.09. The molecule has 0 saturated heterocycles. The molecule has 3 aromatic carbocycles. The molecule has 0 fully saturated rings. The maximum absolute atomic E-state index is 14.0. The summed E-state index contributed by atoms with van der Waals surface area (Å²) in [6.07, 6.45) is 1.28. The van der Waals surface area contributed by atoms with Gasteiger partial charge in [0.2, 0.25) is 0 Å². The van der Waals surface area contributed by atoms with Gasteiger partial charge < -0.3 is 10.4 Å². The van der Waals surface area contributed by atoms with Gasteiger partial charge in [-0.2, -0.15) is 0 Å². The summed E-state index contributed by atoms with van der Waals surface area (Å²) in [4.78, 5) is 28.2. The Hall–Kier alpha value is -4.06. The van der Waals surface area contributed by atoms with E-state index in [1.165, 1.54) is 18.3 Å². The lowest BCUT2D eigenvalue weighted by Crippen LogP contribution is -2.13. The van der Waals surface area contributed by atoms with Gasteiger partial charge in [0.1, 0.15) is 5.82 Å². The lowest BCUT2D eigenvalue weighted by atomic mass is 9.98. The number of anilines is 1. The summed E-state index contributed by atoms with van der Waals surface area (Å²) >= 11 is 0. The standard InChI is InChI=1S/C24H17FN2O3/c1-14-6-7-15(11-21(14)25)19-4-2-3-5-20(19)23(28)27-18-9-8-16-10-17(24(29)30)13-26-22(16)12-18/h2-13H,1H3,(H,27,28)(H,29,30). The van der Waals surface area contributed by atoms with Crippen LogP contribution in [0.3, 0.4) is 0 Å². The first-order chi connectivity index (χ1) is 14.4. The molecule has 0 radical (unpaired) electrons. The number of aryl methyl sites for hydroxylation is 1. The van der Waals surface area contributed by atoms with Crippen molar-refractivity contribution < 1.29 is 19.1 Å². The van der Waals surface area contributed by atoms with Gasteiger partial charge in [-0.15, -0.1) is 0 Å². The monoisotopic (exact) mass is 400 g/mol. The molecule has 1 amide bonds. The zero-order valence-corrected chi connectivity index (χ0v) is 16.0. The van der Waals surface area contributed by atoms with Crippen molar-refractivity contribution in [2.75, 3.05) is 5.32 Å². The molecule has 0 bridgehead atoms. The third kappa shape index (κ3) is 3.75. The summed E-state index contributed by atoms with van der Waals surface area (Å²) in [7, 11) is 0. The van der Waals surface area contributed by atoms with E-state index in [2.05, 4.69) is 10.3 Å². The molecule has 2 N–H and O–H groups in total. The highest BCUT2D eigenvalue weighted by Crippen LogP contribution is 2.27. The minimum Gasteiger partial charge on any atom is -0.478 e. The molecule has 148 valence electrons. The van der Waals surface area contributed by atoms with Crippen LogP contribution in [0, 0.1) is 12.7 Å². The molecule has 6 heteroatoms. The van der Waals surface area contributed by atoms with Crippen molar-refractivity contribution in [2.45, 2.75) is 6.92 Å². The summed E-state index contributed by atoms with van der Waals surface area (Å²) < 4.78 is 14.0. The number of carboxylic acid groups (broad SMARTS) is 1. The highest BCUT2D eigenvalue weighted by atomic mass is 19.1. The Balaban J connectivity index is 1.65. The fourth-order valence-electron chi connectivity index (χ4n) is 3.21. The largest absolute Gasteiger partial charge is 0.478 e. The zero-order valence-electron chi connectivity index (χ0n) is 16.0. The summed E-state index contributed by atoms with van der Waals surface area (Å²) in [5, 5.41) is 12.6. The van der Waals surface area contributed by atoms with E-state index in [0.717, 1.165) is 0 Å². The van der Waals surface area contributed by atoms with Crippen molar-refractivity contribution >= 4 is 28.5 Å². The first-order valence-corrected chi connectivity index (χ1v) is 9.22. The molecule has 1 heterocycles. The second-order valence-corrected chi connectivity index (χ2v) is 6.90. The number of carbonyl (C=O) groups excluding carboxylic acids is 1. The molecule has 0 aliphatic rings. The quantitative estimate of drug-likeness (QED) is 0.487. The highest BCUT2D eigenvalue weighted by Gasteiger charge is 2.14. The average molecular weight is 400 g/mol. The van der Waals surface area contributed by atoms with E-state index >= 15 is 0 Å². The van der Waals surface area contributed by atoms with Crippen LogP contribution >= 0.6 is 0 Å². The first kappa shape index (κ1) is 19.3. The van der Waals surface area contributed by atoms with E-state index in [-0.39, 0.29) is 17.3 Å². The number of nitrogens with one attached hydrogen (secondary N) is 1. The number of pyridine rings is 1. The average Bonchev–Trinajstić information content (AvgIpc) is 2.75. The number of nitrogens with zero attached hydrogens (tertiary/aromatic N) is 1. The summed E-state index contributed by atoms with van der Waals surface area (Å²) in [5.74, 6) is -1.72. The van der Waals surface area contributed by atoms with Crippen LogP contribution in [0.4, 0.5) is 10.1 Å². The predicted molar refractivity (Wildman–Crippen MR) is 113 cm³/mol. The lowest BCUT2D eigenvalue weighted by Gasteiger charge is -2.12. The van der Waals surface area contributed by atoms with Crippen molar-refractivity contribution in [3.8, 4) is 11.1 Å².